The summed E-state index contributed by atoms with van der Waals surface area (Å²) < 4.78 is 42.2. The van der Waals surface area contributed by atoms with Crippen LogP contribution in [-0.2, 0) is 11.2 Å². The molecule has 178 valence electrons. The average Bonchev–Trinajstić information content (AvgIpc) is 3.13. The molecule has 2 heterocycles. The van der Waals surface area contributed by atoms with E-state index in [9.17, 15) is 29.2 Å². The van der Waals surface area contributed by atoms with E-state index in [1.165, 1.54) is 29.0 Å². The minimum absolute atomic E-state index is 0.0512. The number of hydrogen-bond acceptors (Lipinski definition) is 6. The quantitative estimate of drug-likeness (QED) is 0.447. The molecule has 0 bridgehead atoms. The summed E-state index contributed by atoms with van der Waals surface area (Å²) >= 11 is 0. The minimum atomic E-state index is -1.58. The Morgan fingerprint density at radius 2 is 1.76 bits per heavy atom. The Labute approximate surface area is 189 Å². The Kier molecular flexibility index (Phi) is 6.69. The first-order valence-electron chi connectivity index (χ1n) is 10.7. The summed E-state index contributed by atoms with van der Waals surface area (Å²) in [5.41, 5.74) is 1.12. The average molecular weight is 463 g/mol. The summed E-state index contributed by atoms with van der Waals surface area (Å²) in [6, 6.07) is 8.87. The molecule has 1 aliphatic rings. The number of ether oxygens (including phenoxy) is 2. The number of aromatic nitrogens is 1. The predicted molar refractivity (Wildman–Crippen MR) is 116 cm³/mol. The largest absolute Gasteiger partial charge is 0.491 e. The van der Waals surface area contributed by atoms with E-state index >= 15 is 0 Å². The van der Waals surface area contributed by atoms with Gasteiger partial charge in [-0.2, -0.15) is 0 Å². The van der Waals surface area contributed by atoms with Gasteiger partial charge >= 0.3 is 0 Å². The van der Waals surface area contributed by atoms with Gasteiger partial charge < -0.3 is 34.5 Å². The van der Waals surface area contributed by atoms with Gasteiger partial charge in [-0.05, 0) is 43.2 Å². The highest BCUT2D eigenvalue weighted by atomic mass is 19.1. The van der Waals surface area contributed by atoms with Gasteiger partial charge in [-0.3, -0.25) is 0 Å². The maximum atomic E-state index is 14.9. The standard InChI is InChI=1S/C24H27F2NO6/c1-12(2)32-15-7-6-13(17(26)9-15)8-14-10-27(18-5-3-4-16(25)20(14)18)24-23(31)22(30)21(29)19(11-28)33-24/h3-7,9-10,12,19,21-24,28-31H,8,11H2,1-2H3/t19-,21-,22+,23-,24-/m1/s1. The predicted octanol–water partition coefficient (Wildman–Crippen LogP) is 2.27. The van der Waals surface area contributed by atoms with E-state index in [0.717, 1.165) is 0 Å². The van der Waals surface area contributed by atoms with Crippen LogP contribution in [0.2, 0.25) is 0 Å². The molecule has 7 nitrogen and oxygen atoms in total. The lowest BCUT2D eigenvalue weighted by molar-refractivity contribution is -0.250. The minimum Gasteiger partial charge on any atom is -0.491 e. The summed E-state index contributed by atoms with van der Waals surface area (Å²) in [6.07, 6.45) is -5.49. The fourth-order valence-electron chi connectivity index (χ4n) is 4.23. The highest BCUT2D eigenvalue weighted by Gasteiger charge is 2.44. The Balaban J connectivity index is 1.74. The second-order valence-electron chi connectivity index (χ2n) is 8.51. The first kappa shape index (κ1) is 23.6. The molecule has 0 aliphatic carbocycles. The monoisotopic (exact) mass is 463 g/mol. The van der Waals surface area contributed by atoms with Crippen LogP contribution in [0, 0.1) is 11.6 Å². The number of benzene rings is 2. The van der Waals surface area contributed by atoms with E-state index in [2.05, 4.69) is 0 Å². The molecule has 1 saturated heterocycles. The summed E-state index contributed by atoms with van der Waals surface area (Å²) in [4.78, 5) is 0. The third-order valence-electron chi connectivity index (χ3n) is 5.80. The van der Waals surface area contributed by atoms with Crippen molar-refractivity contribution in [3.8, 4) is 5.75 Å². The molecule has 0 spiro atoms. The van der Waals surface area contributed by atoms with Crippen molar-refractivity contribution in [2.24, 2.45) is 0 Å². The van der Waals surface area contributed by atoms with E-state index in [1.807, 2.05) is 13.8 Å². The number of halogens is 2. The zero-order chi connectivity index (χ0) is 23.9. The Morgan fingerprint density at radius 3 is 2.42 bits per heavy atom. The van der Waals surface area contributed by atoms with Crippen LogP contribution in [0.25, 0.3) is 10.9 Å². The molecule has 5 atom stereocenters. The fraction of sp³-hybridized carbons (Fsp3) is 0.417. The maximum Gasteiger partial charge on any atom is 0.163 e. The van der Waals surface area contributed by atoms with Gasteiger partial charge in [0.15, 0.2) is 6.23 Å². The summed E-state index contributed by atoms with van der Waals surface area (Å²) in [5.74, 6) is -0.648. The molecule has 4 N–H and O–H groups in total. The van der Waals surface area contributed by atoms with Crippen molar-refractivity contribution in [3.63, 3.8) is 0 Å². The van der Waals surface area contributed by atoms with Crippen LogP contribution in [0.3, 0.4) is 0 Å². The number of rotatable bonds is 6. The normalized spacial score (nSPS) is 25.7. The van der Waals surface area contributed by atoms with Gasteiger partial charge in [0.25, 0.3) is 0 Å². The molecule has 1 aromatic heterocycles. The lowest BCUT2D eigenvalue weighted by atomic mass is 9.98. The van der Waals surface area contributed by atoms with E-state index < -0.39 is 48.9 Å². The van der Waals surface area contributed by atoms with Crippen molar-refractivity contribution in [1.82, 2.24) is 4.57 Å². The van der Waals surface area contributed by atoms with Crippen LogP contribution in [0.4, 0.5) is 8.78 Å². The second kappa shape index (κ2) is 9.36. The zero-order valence-corrected chi connectivity index (χ0v) is 18.2. The molecule has 33 heavy (non-hydrogen) atoms. The van der Waals surface area contributed by atoms with Gasteiger partial charge in [0.05, 0.1) is 18.2 Å². The molecule has 0 radical (unpaired) electrons. The van der Waals surface area contributed by atoms with Gasteiger partial charge in [-0.1, -0.05) is 12.1 Å². The van der Waals surface area contributed by atoms with Crippen LogP contribution in [0.1, 0.15) is 31.2 Å². The Bertz CT molecular complexity index is 1130. The van der Waals surface area contributed by atoms with E-state index in [4.69, 9.17) is 9.47 Å². The van der Waals surface area contributed by atoms with Crippen molar-refractivity contribution in [2.75, 3.05) is 6.61 Å². The molecule has 1 fully saturated rings. The van der Waals surface area contributed by atoms with Crippen molar-refractivity contribution >= 4 is 10.9 Å². The summed E-state index contributed by atoms with van der Waals surface area (Å²) in [6.45, 7) is 3.09. The van der Waals surface area contributed by atoms with Crippen LogP contribution in [-0.4, -0.2) is 62.1 Å². The smallest absolute Gasteiger partial charge is 0.163 e. The molecular weight excluding hydrogens is 436 g/mol. The summed E-state index contributed by atoms with van der Waals surface area (Å²) in [5, 5.41) is 40.5. The second-order valence-corrected chi connectivity index (χ2v) is 8.51. The van der Waals surface area contributed by atoms with Gasteiger partial charge in [0.2, 0.25) is 0 Å². The number of aliphatic hydroxyl groups is 4. The molecule has 2 aromatic carbocycles. The first-order chi connectivity index (χ1) is 15.7. The lowest BCUT2D eigenvalue weighted by Gasteiger charge is -2.40. The van der Waals surface area contributed by atoms with Gasteiger partial charge in [-0.15, -0.1) is 0 Å². The SMILES string of the molecule is CC(C)Oc1ccc(Cc2cn([C@@H]3O[C@H](CO)[C@@H](O)[C@H](O)[C@H]3O)c3cccc(F)c23)c(F)c1. The van der Waals surface area contributed by atoms with Crippen molar-refractivity contribution < 1.29 is 38.7 Å². The number of aliphatic hydroxyl groups excluding tert-OH is 4. The molecule has 1 aliphatic heterocycles. The molecule has 3 aromatic rings. The van der Waals surface area contributed by atoms with Crippen LogP contribution >= 0.6 is 0 Å². The topological polar surface area (TPSA) is 104 Å². The Morgan fingerprint density at radius 1 is 1.00 bits per heavy atom. The van der Waals surface area contributed by atoms with Crippen LogP contribution < -0.4 is 4.74 Å². The first-order valence-corrected chi connectivity index (χ1v) is 10.7. The fourth-order valence-corrected chi connectivity index (χ4v) is 4.23. The molecule has 0 saturated carbocycles. The van der Waals surface area contributed by atoms with Gasteiger partial charge in [-0.25, -0.2) is 8.78 Å². The zero-order valence-electron chi connectivity index (χ0n) is 18.2. The number of hydrogen-bond donors (Lipinski definition) is 4. The van der Waals surface area contributed by atoms with Gasteiger partial charge in [0.1, 0.15) is 41.8 Å². The lowest BCUT2D eigenvalue weighted by Crippen LogP contribution is -2.56. The van der Waals surface area contributed by atoms with Crippen molar-refractivity contribution in [1.29, 1.82) is 0 Å². The van der Waals surface area contributed by atoms with E-state index in [1.54, 1.807) is 18.2 Å². The third-order valence-corrected chi connectivity index (χ3v) is 5.80. The molecule has 0 amide bonds. The van der Waals surface area contributed by atoms with Crippen LogP contribution in [0.5, 0.6) is 5.75 Å². The molecule has 9 heteroatoms. The number of fused-ring (bicyclic) bond motifs is 1. The molecule has 4 rings (SSSR count). The maximum absolute atomic E-state index is 14.9. The van der Waals surface area contributed by atoms with Crippen LogP contribution in [0.15, 0.2) is 42.6 Å². The highest BCUT2D eigenvalue weighted by Crippen LogP contribution is 2.35. The number of nitrogens with zero attached hydrogens (tertiary/aromatic N) is 1. The van der Waals surface area contributed by atoms with E-state index in [-0.39, 0.29) is 17.9 Å². The van der Waals surface area contributed by atoms with Gasteiger partial charge in [0, 0.05) is 24.1 Å². The van der Waals surface area contributed by atoms with Crippen molar-refractivity contribution in [2.45, 2.75) is 57.0 Å². The van der Waals surface area contributed by atoms with Crippen molar-refractivity contribution in [3.05, 3.63) is 65.4 Å². The molecular formula is C24H27F2NO6. The highest BCUT2D eigenvalue weighted by molar-refractivity contribution is 5.85. The molecule has 0 unspecified atom stereocenters. The van der Waals surface area contributed by atoms with E-state index in [0.29, 0.717) is 22.4 Å². The Hall–Kier alpha value is -2.56. The summed E-state index contributed by atoms with van der Waals surface area (Å²) in [7, 11) is 0. The third kappa shape index (κ3) is 4.47.